The predicted molar refractivity (Wildman–Crippen MR) is 78.3 cm³/mol. The third-order valence-corrected chi connectivity index (χ3v) is 3.38. The van der Waals surface area contributed by atoms with E-state index in [0.717, 1.165) is 13.1 Å². The van der Waals surface area contributed by atoms with E-state index in [2.05, 4.69) is 65.6 Å². The van der Waals surface area contributed by atoms with Crippen LogP contribution in [-0.2, 0) is 0 Å². The van der Waals surface area contributed by atoms with Crippen LogP contribution >= 0.6 is 0 Å². The molecule has 1 fully saturated rings. The van der Waals surface area contributed by atoms with Crippen LogP contribution < -0.4 is 0 Å². The summed E-state index contributed by atoms with van der Waals surface area (Å²) in [4.78, 5) is 5.03. The highest BCUT2D eigenvalue weighted by atomic mass is 15.3. The molecule has 0 bridgehead atoms. The molecule has 18 heavy (non-hydrogen) atoms. The highest BCUT2D eigenvalue weighted by Gasteiger charge is 2.14. The molecular weight excluding hydrogens is 220 g/mol. The average molecular weight is 243 g/mol. The summed E-state index contributed by atoms with van der Waals surface area (Å²) in [5.74, 6) is 0. The monoisotopic (exact) mass is 243 g/mol. The van der Waals surface area contributed by atoms with Gasteiger partial charge in [0, 0.05) is 39.3 Å². The lowest BCUT2D eigenvalue weighted by atomic mass is 10.2. The van der Waals surface area contributed by atoms with Gasteiger partial charge in [0.1, 0.15) is 0 Å². The Labute approximate surface area is 111 Å². The van der Waals surface area contributed by atoms with Gasteiger partial charge in [0.15, 0.2) is 0 Å². The minimum atomic E-state index is 1.07. The lowest BCUT2D eigenvalue weighted by Gasteiger charge is -2.33. The molecule has 1 aliphatic heterocycles. The van der Waals surface area contributed by atoms with E-state index in [1.54, 1.807) is 0 Å². The molecule has 0 atom stereocenters. The van der Waals surface area contributed by atoms with E-state index in [0.29, 0.717) is 0 Å². The summed E-state index contributed by atoms with van der Waals surface area (Å²) in [5, 5.41) is 0. The van der Waals surface area contributed by atoms with Gasteiger partial charge in [0.2, 0.25) is 0 Å². The molecule has 0 saturated carbocycles. The van der Waals surface area contributed by atoms with Crippen LogP contribution in [0.25, 0.3) is 6.08 Å². The Bertz CT molecular complexity index is 351. The van der Waals surface area contributed by atoms with Gasteiger partial charge in [-0.05, 0) is 12.0 Å². The second-order valence-electron chi connectivity index (χ2n) is 4.82. The van der Waals surface area contributed by atoms with Crippen molar-refractivity contribution in [3.8, 4) is 0 Å². The molecule has 2 nitrogen and oxygen atoms in total. The Kier molecular flexibility index (Phi) is 5.43. The molecule has 0 aliphatic carbocycles. The van der Waals surface area contributed by atoms with Gasteiger partial charge in [-0.15, -0.1) is 0 Å². The predicted octanol–water partition coefficient (Wildman–Crippen LogP) is 2.54. The van der Waals surface area contributed by atoms with Gasteiger partial charge >= 0.3 is 0 Å². The Balaban J connectivity index is 1.71. The Morgan fingerprint density at radius 3 is 2.17 bits per heavy atom. The smallest absolute Gasteiger partial charge is 0.0167 e. The summed E-state index contributed by atoms with van der Waals surface area (Å²) < 4.78 is 0. The minimum absolute atomic E-state index is 1.07. The van der Waals surface area contributed by atoms with Gasteiger partial charge in [-0.25, -0.2) is 0 Å². The molecule has 1 heterocycles. The van der Waals surface area contributed by atoms with Crippen molar-refractivity contribution in [2.24, 2.45) is 0 Å². The summed E-state index contributed by atoms with van der Waals surface area (Å²) in [6.07, 6.45) is 6.73. The number of benzene rings is 1. The molecule has 0 spiro atoms. The molecule has 0 N–H and O–H groups in total. The van der Waals surface area contributed by atoms with Gasteiger partial charge in [-0.2, -0.15) is 0 Å². The van der Waals surface area contributed by atoms with E-state index in [1.165, 1.54) is 31.7 Å². The molecule has 0 unspecified atom stereocenters. The minimum Gasteiger partial charge on any atom is -0.301 e. The molecule has 0 aromatic heterocycles. The SMILES string of the molecule is C[CH]CN1CCN(C/C=C/c2ccccc2)CC1. The summed E-state index contributed by atoms with van der Waals surface area (Å²) in [6.45, 7) is 9.11. The number of piperazine rings is 1. The first-order valence-corrected chi connectivity index (χ1v) is 6.82. The highest BCUT2D eigenvalue weighted by molar-refractivity contribution is 5.48. The van der Waals surface area contributed by atoms with Crippen LogP contribution in [-0.4, -0.2) is 49.1 Å². The van der Waals surface area contributed by atoms with Crippen LogP contribution in [0.5, 0.6) is 0 Å². The van der Waals surface area contributed by atoms with Crippen molar-refractivity contribution in [2.45, 2.75) is 6.92 Å². The first-order valence-electron chi connectivity index (χ1n) is 6.82. The van der Waals surface area contributed by atoms with Gasteiger partial charge in [0.05, 0.1) is 0 Å². The Hall–Kier alpha value is -1.12. The van der Waals surface area contributed by atoms with Crippen molar-refractivity contribution < 1.29 is 0 Å². The zero-order valence-electron chi connectivity index (χ0n) is 11.3. The second-order valence-corrected chi connectivity index (χ2v) is 4.82. The van der Waals surface area contributed by atoms with E-state index < -0.39 is 0 Å². The van der Waals surface area contributed by atoms with Crippen molar-refractivity contribution in [1.29, 1.82) is 0 Å². The van der Waals surface area contributed by atoms with Crippen molar-refractivity contribution in [2.75, 3.05) is 39.3 Å². The quantitative estimate of drug-likeness (QED) is 0.784. The van der Waals surface area contributed by atoms with E-state index in [9.17, 15) is 0 Å². The third-order valence-electron chi connectivity index (χ3n) is 3.38. The number of rotatable bonds is 5. The van der Waals surface area contributed by atoms with Crippen LogP contribution in [0.3, 0.4) is 0 Å². The van der Waals surface area contributed by atoms with Crippen molar-refractivity contribution in [3.05, 3.63) is 48.4 Å². The van der Waals surface area contributed by atoms with Crippen LogP contribution in [0.4, 0.5) is 0 Å². The van der Waals surface area contributed by atoms with Crippen LogP contribution in [0, 0.1) is 6.42 Å². The maximum Gasteiger partial charge on any atom is 0.0167 e. The molecule has 2 rings (SSSR count). The largest absolute Gasteiger partial charge is 0.301 e. The summed E-state index contributed by atoms with van der Waals surface area (Å²) >= 11 is 0. The fraction of sp³-hybridized carbons (Fsp3) is 0.438. The molecule has 1 saturated heterocycles. The van der Waals surface area contributed by atoms with E-state index in [-0.39, 0.29) is 0 Å². The lowest BCUT2D eigenvalue weighted by molar-refractivity contribution is 0.151. The third kappa shape index (κ3) is 4.28. The van der Waals surface area contributed by atoms with Crippen LogP contribution in [0.2, 0.25) is 0 Å². The van der Waals surface area contributed by atoms with E-state index in [1.807, 2.05) is 0 Å². The molecule has 1 aliphatic rings. The normalized spacial score (nSPS) is 18.5. The maximum atomic E-state index is 2.52. The second kappa shape index (κ2) is 7.34. The molecule has 1 aromatic rings. The van der Waals surface area contributed by atoms with E-state index in [4.69, 9.17) is 0 Å². The van der Waals surface area contributed by atoms with Crippen LogP contribution in [0.15, 0.2) is 36.4 Å². The zero-order chi connectivity index (χ0) is 12.6. The maximum absolute atomic E-state index is 2.52. The molecule has 97 valence electrons. The molecule has 2 heteroatoms. The first kappa shape index (κ1) is 13.3. The first-order chi connectivity index (χ1) is 8.88. The summed E-state index contributed by atoms with van der Waals surface area (Å²) in [5.41, 5.74) is 1.29. The molecule has 1 aromatic carbocycles. The zero-order valence-corrected chi connectivity index (χ0v) is 11.3. The van der Waals surface area contributed by atoms with Crippen molar-refractivity contribution in [3.63, 3.8) is 0 Å². The number of hydrogen-bond donors (Lipinski definition) is 0. The van der Waals surface area contributed by atoms with Gasteiger partial charge < -0.3 is 4.90 Å². The lowest BCUT2D eigenvalue weighted by Crippen LogP contribution is -2.46. The molecule has 0 amide bonds. The van der Waals surface area contributed by atoms with Crippen molar-refractivity contribution in [1.82, 2.24) is 9.80 Å². The Morgan fingerprint density at radius 2 is 1.56 bits per heavy atom. The fourth-order valence-electron chi connectivity index (χ4n) is 2.31. The number of hydrogen-bond acceptors (Lipinski definition) is 2. The topological polar surface area (TPSA) is 6.48 Å². The standard InChI is InChI=1S/C16H23N2/c1-2-10-17-12-14-18(15-13-17)11-6-9-16-7-4-3-5-8-16/h2-9H,10-15H2,1H3/b9-6+. The van der Waals surface area contributed by atoms with Crippen LogP contribution in [0.1, 0.15) is 12.5 Å². The van der Waals surface area contributed by atoms with E-state index >= 15 is 0 Å². The van der Waals surface area contributed by atoms with Gasteiger partial charge in [-0.3, -0.25) is 4.90 Å². The molecular formula is C16H23N2. The summed E-state index contributed by atoms with van der Waals surface area (Å²) in [6, 6.07) is 10.5. The number of nitrogens with zero attached hydrogens (tertiary/aromatic N) is 2. The van der Waals surface area contributed by atoms with Gasteiger partial charge in [-0.1, -0.05) is 49.4 Å². The highest BCUT2D eigenvalue weighted by Crippen LogP contribution is 2.04. The summed E-state index contributed by atoms with van der Waals surface area (Å²) in [7, 11) is 0. The van der Waals surface area contributed by atoms with Crippen molar-refractivity contribution >= 4 is 6.08 Å². The average Bonchev–Trinajstić information content (AvgIpc) is 2.42. The fourth-order valence-corrected chi connectivity index (χ4v) is 2.31. The Morgan fingerprint density at radius 1 is 0.944 bits per heavy atom. The van der Waals surface area contributed by atoms with Gasteiger partial charge in [0.25, 0.3) is 0 Å². The molecule has 1 radical (unpaired) electrons.